The normalized spacial score (nSPS) is 24.8. The quantitative estimate of drug-likeness (QED) is 0.711. The van der Waals surface area contributed by atoms with Crippen molar-refractivity contribution in [3.8, 4) is 0 Å². The zero-order valence-corrected chi connectivity index (χ0v) is 11.3. The lowest BCUT2D eigenvalue weighted by Crippen LogP contribution is -2.56. The van der Waals surface area contributed by atoms with Gasteiger partial charge in [-0.3, -0.25) is 4.79 Å². The van der Waals surface area contributed by atoms with Crippen LogP contribution in [0.5, 0.6) is 0 Å². The Balaban J connectivity index is 2.49. The van der Waals surface area contributed by atoms with Gasteiger partial charge in [-0.15, -0.1) is 0 Å². The van der Waals surface area contributed by atoms with Crippen molar-refractivity contribution < 1.29 is 9.90 Å². The zero-order valence-electron chi connectivity index (χ0n) is 11.3. The lowest BCUT2D eigenvalue weighted by Gasteiger charge is -2.30. The van der Waals surface area contributed by atoms with E-state index in [-0.39, 0.29) is 0 Å². The molecule has 0 amide bonds. The number of rotatable bonds is 7. The molecule has 4 heteroatoms. The molecule has 1 heterocycles. The average Bonchev–Trinajstić information content (AvgIpc) is 2.66. The van der Waals surface area contributed by atoms with Crippen LogP contribution < -0.4 is 5.32 Å². The SMILES string of the molecule is CCCC1CCN(CC(C)(NCC)C(=O)O)C1. The summed E-state index contributed by atoms with van der Waals surface area (Å²) in [4.78, 5) is 13.6. The summed E-state index contributed by atoms with van der Waals surface area (Å²) in [6, 6.07) is 0. The van der Waals surface area contributed by atoms with E-state index in [9.17, 15) is 9.90 Å². The number of carbonyl (C=O) groups is 1. The standard InChI is InChI=1S/C13H26N2O2/c1-4-6-11-7-8-15(9-11)10-13(3,12(16)17)14-5-2/h11,14H,4-10H2,1-3H3,(H,16,17). The summed E-state index contributed by atoms with van der Waals surface area (Å²) in [5.74, 6) is 0.0120. The number of nitrogens with one attached hydrogen (secondary N) is 1. The van der Waals surface area contributed by atoms with E-state index in [0.29, 0.717) is 13.1 Å². The van der Waals surface area contributed by atoms with Crippen molar-refractivity contribution in [1.82, 2.24) is 10.2 Å². The molecule has 2 N–H and O–H groups in total. The van der Waals surface area contributed by atoms with Crippen LogP contribution in [-0.2, 0) is 4.79 Å². The van der Waals surface area contributed by atoms with E-state index in [1.807, 2.05) is 6.92 Å². The minimum Gasteiger partial charge on any atom is -0.480 e. The van der Waals surface area contributed by atoms with E-state index in [1.165, 1.54) is 19.3 Å². The van der Waals surface area contributed by atoms with Gasteiger partial charge in [0.15, 0.2) is 0 Å². The van der Waals surface area contributed by atoms with Gasteiger partial charge in [-0.2, -0.15) is 0 Å². The molecule has 1 saturated heterocycles. The molecule has 0 aromatic heterocycles. The summed E-state index contributed by atoms with van der Waals surface area (Å²) in [6.07, 6.45) is 3.71. The van der Waals surface area contributed by atoms with Crippen molar-refractivity contribution >= 4 is 5.97 Å². The van der Waals surface area contributed by atoms with E-state index in [0.717, 1.165) is 19.0 Å². The first-order valence-corrected chi connectivity index (χ1v) is 6.72. The smallest absolute Gasteiger partial charge is 0.324 e. The van der Waals surface area contributed by atoms with Gasteiger partial charge in [-0.05, 0) is 38.8 Å². The van der Waals surface area contributed by atoms with Crippen molar-refractivity contribution in [3.05, 3.63) is 0 Å². The van der Waals surface area contributed by atoms with Crippen molar-refractivity contribution in [2.75, 3.05) is 26.2 Å². The maximum Gasteiger partial charge on any atom is 0.324 e. The summed E-state index contributed by atoms with van der Waals surface area (Å²) < 4.78 is 0. The molecule has 2 unspecified atom stereocenters. The fourth-order valence-electron chi connectivity index (χ4n) is 2.74. The highest BCUT2D eigenvalue weighted by molar-refractivity contribution is 5.78. The number of aliphatic carboxylic acids is 1. The van der Waals surface area contributed by atoms with Crippen molar-refractivity contribution in [2.24, 2.45) is 5.92 Å². The molecule has 0 aromatic rings. The first kappa shape index (κ1) is 14.5. The molecule has 0 aromatic carbocycles. The van der Waals surface area contributed by atoms with Crippen LogP contribution in [0.4, 0.5) is 0 Å². The third-order valence-electron chi connectivity index (χ3n) is 3.65. The molecule has 17 heavy (non-hydrogen) atoms. The summed E-state index contributed by atoms with van der Waals surface area (Å²) in [5, 5.41) is 12.4. The van der Waals surface area contributed by atoms with Crippen molar-refractivity contribution in [1.29, 1.82) is 0 Å². The molecule has 1 fully saturated rings. The Bertz CT molecular complexity index is 258. The molecule has 1 rings (SSSR count). The Morgan fingerprint density at radius 1 is 1.53 bits per heavy atom. The van der Waals surface area contributed by atoms with E-state index in [1.54, 1.807) is 6.92 Å². The molecule has 0 aliphatic carbocycles. The highest BCUT2D eigenvalue weighted by Gasteiger charge is 2.36. The second kappa shape index (κ2) is 6.36. The number of hydrogen-bond acceptors (Lipinski definition) is 3. The Labute approximate surface area is 104 Å². The fraction of sp³-hybridized carbons (Fsp3) is 0.923. The maximum absolute atomic E-state index is 11.3. The third-order valence-corrected chi connectivity index (χ3v) is 3.65. The molecule has 0 bridgehead atoms. The van der Waals surface area contributed by atoms with Crippen molar-refractivity contribution in [3.63, 3.8) is 0 Å². The monoisotopic (exact) mass is 242 g/mol. The predicted octanol–water partition coefficient (Wildman–Crippen LogP) is 1.56. The van der Waals surface area contributed by atoms with Gasteiger partial charge >= 0.3 is 5.97 Å². The van der Waals surface area contributed by atoms with E-state index < -0.39 is 11.5 Å². The van der Waals surface area contributed by atoms with Gasteiger partial charge in [0.25, 0.3) is 0 Å². The topological polar surface area (TPSA) is 52.6 Å². The van der Waals surface area contributed by atoms with Crippen LogP contribution in [0, 0.1) is 5.92 Å². The van der Waals surface area contributed by atoms with Gasteiger partial charge < -0.3 is 15.3 Å². The molecule has 2 atom stereocenters. The molecular formula is C13H26N2O2. The Hall–Kier alpha value is -0.610. The highest BCUT2D eigenvalue weighted by Crippen LogP contribution is 2.22. The Morgan fingerprint density at radius 3 is 2.76 bits per heavy atom. The van der Waals surface area contributed by atoms with Gasteiger partial charge in [-0.1, -0.05) is 20.3 Å². The predicted molar refractivity (Wildman–Crippen MR) is 69.2 cm³/mol. The van der Waals surface area contributed by atoms with Gasteiger partial charge in [0.1, 0.15) is 5.54 Å². The second-order valence-electron chi connectivity index (χ2n) is 5.35. The van der Waals surface area contributed by atoms with Crippen LogP contribution in [0.15, 0.2) is 0 Å². The molecule has 4 nitrogen and oxygen atoms in total. The number of hydrogen-bond donors (Lipinski definition) is 2. The minimum atomic E-state index is -0.810. The first-order chi connectivity index (χ1) is 8.01. The number of carboxylic acids is 1. The number of likely N-dealkylation sites (tertiary alicyclic amines) is 1. The molecular weight excluding hydrogens is 216 g/mol. The second-order valence-corrected chi connectivity index (χ2v) is 5.35. The summed E-state index contributed by atoms with van der Waals surface area (Å²) in [5.41, 5.74) is -0.810. The van der Waals surface area contributed by atoms with Crippen LogP contribution >= 0.6 is 0 Å². The van der Waals surface area contributed by atoms with Gasteiger partial charge in [-0.25, -0.2) is 0 Å². The van der Waals surface area contributed by atoms with E-state index in [4.69, 9.17) is 0 Å². The molecule has 0 spiro atoms. The molecule has 0 saturated carbocycles. The highest BCUT2D eigenvalue weighted by atomic mass is 16.4. The van der Waals surface area contributed by atoms with Crippen LogP contribution in [-0.4, -0.2) is 47.7 Å². The minimum absolute atomic E-state index is 0.608. The van der Waals surface area contributed by atoms with Crippen LogP contribution in [0.3, 0.4) is 0 Å². The van der Waals surface area contributed by atoms with Gasteiger partial charge in [0, 0.05) is 13.1 Å². The van der Waals surface area contributed by atoms with Gasteiger partial charge in [0.05, 0.1) is 0 Å². The number of nitrogens with zero attached hydrogens (tertiary/aromatic N) is 1. The average molecular weight is 242 g/mol. The Morgan fingerprint density at radius 2 is 2.24 bits per heavy atom. The molecule has 1 aliphatic heterocycles. The summed E-state index contributed by atoms with van der Waals surface area (Å²) in [6.45, 7) is 9.34. The third kappa shape index (κ3) is 3.96. The molecule has 1 aliphatic rings. The van der Waals surface area contributed by atoms with E-state index >= 15 is 0 Å². The van der Waals surface area contributed by atoms with Gasteiger partial charge in [0.2, 0.25) is 0 Å². The lowest BCUT2D eigenvalue weighted by atomic mass is 10.0. The fourth-order valence-corrected chi connectivity index (χ4v) is 2.74. The van der Waals surface area contributed by atoms with Crippen LogP contribution in [0.25, 0.3) is 0 Å². The van der Waals surface area contributed by atoms with Crippen LogP contribution in [0.2, 0.25) is 0 Å². The lowest BCUT2D eigenvalue weighted by molar-refractivity contribution is -0.144. The molecule has 0 radical (unpaired) electrons. The number of likely N-dealkylation sites (N-methyl/N-ethyl adjacent to an activating group) is 1. The largest absolute Gasteiger partial charge is 0.480 e. The van der Waals surface area contributed by atoms with Crippen LogP contribution in [0.1, 0.15) is 40.0 Å². The van der Waals surface area contributed by atoms with Crippen molar-refractivity contribution in [2.45, 2.75) is 45.6 Å². The number of carboxylic acid groups (broad SMARTS) is 1. The Kier molecular flexibility index (Phi) is 5.40. The molecule has 100 valence electrons. The summed E-state index contributed by atoms with van der Waals surface area (Å²) >= 11 is 0. The maximum atomic E-state index is 11.3. The zero-order chi connectivity index (χ0) is 12.9. The van der Waals surface area contributed by atoms with E-state index in [2.05, 4.69) is 17.1 Å². The summed E-state index contributed by atoms with van der Waals surface area (Å²) in [7, 11) is 0. The first-order valence-electron chi connectivity index (χ1n) is 6.72.